The number of aromatic nitrogens is 2. The summed E-state index contributed by atoms with van der Waals surface area (Å²) < 4.78 is 20.2. The number of fused-ring (bicyclic) bond motifs is 3. The van der Waals surface area contributed by atoms with Gasteiger partial charge in [0.2, 0.25) is 11.8 Å². The number of ether oxygens (including phenoxy) is 1. The van der Waals surface area contributed by atoms with Gasteiger partial charge in [-0.05, 0) is 49.9 Å². The number of carbonyl (C=O) groups excluding carboxylic acids is 2. The third kappa shape index (κ3) is 5.12. The van der Waals surface area contributed by atoms with Gasteiger partial charge in [0.25, 0.3) is 0 Å². The average molecular weight is 588 g/mol. The van der Waals surface area contributed by atoms with E-state index in [1.54, 1.807) is 16.8 Å². The monoisotopic (exact) mass is 587 g/mol. The third-order valence-electron chi connectivity index (χ3n) is 9.63. The van der Waals surface area contributed by atoms with Crippen molar-refractivity contribution in [2.45, 2.75) is 62.2 Å². The molecule has 1 spiro atoms. The van der Waals surface area contributed by atoms with Crippen molar-refractivity contribution in [3.8, 4) is 12.1 Å². The molecule has 1 aromatic heterocycles. The molecule has 4 aliphatic rings. The Morgan fingerprint density at radius 3 is 2.79 bits per heavy atom. The zero-order chi connectivity index (χ0) is 30.3. The summed E-state index contributed by atoms with van der Waals surface area (Å²) in [6.45, 7) is 5.43. The summed E-state index contributed by atoms with van der Waals surface area (Å²) in [5.74, 6) is 0.346. The van der Waals surface area contributed by atoms with Crippen LogP contribution in [0.25, 0.3) is 0 Å². The van der Waals surface area contributed by atoms with Crippen LogP contribution >= 0.6 is 0 Å². The Balaban J connectivity index is 1.40. The fourth-order valence-corrected chi connectivity index (χ4v) is 7.44. The molecular formula is C32H38FN7O3. The molecule has 10 nitrogen and oxygen atoms in total. The highest BCUT2D eigenvalue weighted by molar-refractivity contribution is 6.06. The summed E-state index contributed by atoms with van der Waals surface area (Å²) in [6.07, 6.45) is 3.90. The number of benzene rings is 1. The molecule has 1 unspecified atom stereocenters. The van der Waals surface area contributed by atoms with Gasteiger partial charge in [0.1, 0.15) is 18.5 Å². The van der Waals surface area contributed by atoms with Crippen molar-refractivity contribution in [1.29, 1.82) is 5.26 Å². The van der Waals surface area contributed by atoms with Crippen molar-refractivity contribution in [3.05, 3.63) is 53.7 Å². The first-order valence-corrected chi connectivity index (χ1v) is 15.0. The zero-order valence-electron chi connectivity index (χ0n) is 24.8. The molecule has 1 aliphatic carbocycles. The van der Waals surface area contributed by atoms with E-state index in [0.717, 1.165) is 30.5 Å². The lowest BCUT2D eigenvalue weighted by atomic mass is 9.65. The summed E-state index contributed by atoms with van der Waals surface area (Å²) in [6, 6.07) is 10.1. The number of rotatable bonds is 6. The lowest BCUT2D eigenvalue weighted by Crippen LogP contribution is -2.56. The van der Waals surface area contributed by atoms with Crippen molar-refractivity contribution in [3.63, 3.8) is 0 Å². The van der Waals surface area contributed by atoms with Crippen molar-refractivity contribution >= 4 is 23.3 Å². The SMILES string of the molecule is C=CC(=O)N1CCN(c2nc(OC[C@@H]3C[C@@H](F)CN3C)nc3c2N(C)C(=O)C2(CCCc4ccccc42)C3)C[C@@H]1CC#N. The number of likely N-dealkylation sites (tertiary alicyclic amines) is 1. The van der Waals surface area contributed by atoms with E-state index in [-0.39, 0.29) is 42.9 Å². The normalized spacial score (nSPS) is 27.1. The Morgan fingerprint density at radius 2 is 2.05 bits per heavy atom. The molecule has 2 amide bonds. The van der Waals surface area contributed by atoms with Gasteiger partial charge >= 0.3 is 6.01 Å². The Bertz CT molecular complexity index is 1480. The second-order valence-corrected chi connectivity index (χ2v) is 12.2. The van der Waals surface area contributed by atoms with E-state index in [1.165, 1.54) is 11.6 Å². The molecule has 0 radical (unpaired) electrons. The molecule has 2 fully saturated rings. The number of nitriles is 1. The maximum Gasteiger partial charge on any atom is 0.318 e. The van der Waals surface area contributed by atoms with Gasteiger partial charge < -0.3 is 19.4 Å². The van der Waals surface area contributed by atoms with Gasteiger partial charge in [-0.1, -0.05) is 30.8 Å². The minimum absolute atomic E-state index is 0.0151. The van der Waals surface area contributed by atoms with Crippen LogP contribution in [0.5, 0.6) is 6.01 Å². The van der Waals surface area contributed by atoms with Crippen LogP contribution in [0.4, 0.5) is 15.9 Å². The minimum atomic E-state index is -0.892. The van der Waals surface area contributed by atoms with E-state index < -0.39 is 11.6 Å². The molecule has 4 atom stereocenters. The highest BCUT2D eigenvalue weighted by atomic mass is 19.1. The summed E-state index contributed by atoms with van der Waals surface area (Å²) in [4.78, 5) is 44.0. The van der Waals surface area contributed by atoms with Gasteiger partial charge in [-0.3, -0.25) is 14.5 Å². The highest BCUT2D eigenvalue weighted by Crippen LogP contribution is 2.48. The number of alkyl halides is 1. The van der Waals surface area contributed by atoms with Crippen molar-refractivity contribution in [1.82, 2.24) is 19.8 Å². The Kier molecular flexibility index (Phi) is 7.81. The predicted molar refractivity (Wildman–Crippen MR) is 160 cm³/mol. The largest absolute Gasteiger partial charge is 0.462 e. The van der Waals surface area contributed by atoms with Crippen LogP contribution in [0.1, 0.15) is 42.5 Å². The lowest BCUT2D eigenvalue weighted by molar-refractivity contribution is -0.128. The Morgan fingerprint density at radius 1 is 1.23 bits per heavy atom. The number of anilines is 2. The molecule has 226 valence electrons. The van der Waals surface area contributed by atoms with Crippen LogP contribution in [0.15, 0.2) is 36.9 Å². The Hall–Kier alpha value is -4.04. The van der Waals surface area contributed by atoms with Crippen molar-refractivity contribution < 1.29 is 18.7 Å². The van der Waals surface area contributed by atoms with Crippen LogP contribution in [0, 0.1) is 11.3 Å². The number of halogens is 1. The topological polar surface area (TPSA) is 106 Å². The van der Waals surface area contributed by atoms with E-state index in [9.17, 15) is 19.2 Å². The first-order valence-electron chi connectivity index (χ1n) is 15.0. The van der Waals surface area contributed by atoms with Gasteiger partial charge in [0.05, 0.1) is 29.6 Å². The standard InChI is InChI=1S/C32H38FN7O3/c1-4-27(41)40-15-14-39(19-23(40)11-13-34)29-28-26(35-31(36-29)43-20-24-16-22(33)18-37(24)2)17-32(30(42)38(28)3)12-7-9-21-8-5-6-10-25(21)32/h4-6,8,10,22-24H,1,7,9,11-12,14-20H2,2-3H3/t22-,23+,24+,32?/m1/s1. The number of piperazine rings is 1. The fraction of sp³-hybridized carbons (Fsp3) is 0.531. The average Bonchev–Trinajstić information content (AvgIpc) is 3.34. The molecule has 4 heterocycles. The maximum absolute atomic E-state index is 14.3. The minimum Gasteiger partial charge on any atom is -0.462 e. The van der Waals surface area contributed by atoms with Gasteiger partial charge in [0.15, 0.2) is 5.82 Å². The van der Waals surface area contributed by atoms with Crippen LogP contribution < -0.4 is 14.5 Å². The molecule has 1 aromatic carbocycles. The van der Waals surface area contributed by atoms with Gasteiger partial charge in [0, 0.05) is 45.7 Å². The Labute approximate surface area is 251 Å². The van der Waals surface area contributed by atoms with Crippen LogP contribution in [-0.4, -0.2) is 96.7 Å². The molecule has 43 heavy (non-hydrogen) atoms. The van der Waals surface area contributed by atoms with Crippen LogP contribution in [-0.2, 0) is 27.8 Å². The zero-order valence-corrected chi connectivity index (χ0v) is 24.8. The van der Waals surface area contributed by atoms with Crippen LogP contribution in [0.2, 0.25) is 0 Å². The highest BCUT2D eigenvalue weighted by Gasteiger charge is 2.50. The summed E-state index contributed by atoms with van der Waals surface area (Å²) in [5.41, 5.74) is 2.87. The number of hydrogen-bond acceptors (Lipinski definition) is 8. The van der Waals surface area contributed by atoms with Crippen LogP contribution in [0.3, 0.4) is 0 Å². The molecule has 0 saturated carbocycles. The summed E-state index contributed by atoms with van der Waals surface area (Å²) in [7, 11) is 3.67. The van der Waals surface area contributed by atoms with Gasteiger partial charge in [-0.25, -0.2) is 4.39 Å². The lowest BCUT2D eigenvalue weighted by Gasteiger charge is -2.46. The maximum atomic E-state index is 14.3. The summed E-state index contributed by atoms with van der Waals surface area (Å²) >= 11 is 0. The second kappa shape index (κ2) is 11.6. The van der Waals surface area contributed by atoms with Gasteiger partial charge in [-0.15, -0.1) is 0 Å². The molecular weight excluding hydrogens is 549 g/mol. The number of nitrogens with zero attached hydrogens (tertiary/aromatic N) is 7. The van der Waals surface area contributed by atoms with E-state index in [4.69, 9.17) is 14.7 Å². The first-order chi connectivity index (χ1) is 20.8. The number of hydrogen-bond donors (Lipinski definition) is 0. The molecule has 2 saturated heterocycles. The number of carbonyl (C=O) groups is 2. The van der Waals surface area contributed by atoms with Crippen molar-refractivity contribution in [2.75, 3.05) is 56.7 Å². The van der Waals surface area contributed by atoms with Crippen molar-refractivity contribution in [2.24, 2.45) is 0 Å². The smallest absolute Gasteiger partial charge is 0.318 e. The third-order valence-corrected chi connectivity index (χ3v) is 9.63. The number of aryl methyl sites for hydroxylation is 1. The molecule has 2 aromatic rings. The molecule has 6 rings (SSSR count). The second-order valence-electron chi connectivity index (χ2n) is 12.2. The van der Waals surface area contributed by atoms with E-state index in [2.05, 4.69) is 24.8 Å². The molecule has 0 bridgehead atoms. The molecule has 0 N–H and O–H groups in total. The molecule has 3 aliphatic heterocycles. The number of amides is 2. The number of likely N-dealkylation sites (N-methyl/N-ethyl adjacent to an activating group) is 2. The quantitative estimate of drug-likeness (QED) is 0.476. The molecule has 11 heteroatoms. The van der Waals surface area contributed by atoms with Gasteiger partial charge in [-0.2, -0.15) is 15.2 Å². The van der Waals surface area contributed by atoms with E-state index >= 15 is 0 Å². The van der Waals surface area contributed by atoms with E-state index in [1.807, 2.05) is 29.0 Å². The first kappa shape index (κ1) is 29.1. The fourth-order valence-electron chi connectivity index (χ4n) is 7.44. The summed E-state index contributed by atoms with van der Waals surface area (Å²) in [5, 5.41) is 9.53. The van der Waals surface area contributed by atoms with E-state index in [0.29, 0.717) is 50.5 Å². The predicted octanol–water partition coefficient (Wildman–Crippen LogP) is 2.81.